The predicted octanol–water partition coefficient (Wildman–Crippen LogP) is 2.35. The zero-order valence-corrected chi connectivity index (χ0v) is 16.1. The smallest absolute Gasteiger partial charge is 0.261 e. The lowest BCUT2D eigenvalue weighted by Crippen LogP contribution is -2.40. The van der Waals surface area contributed by atoms with Crippen molar-refractivity contribution in [2.45, 2.75) is 25.4 Å². The number of fused-ring (bicyclic) bond motifs is 1. The van der Waals surface area contributed by atoms with Crippen LogP contribution in [0.5, 0.6) is 5.75 Å². The Balaban J connectivity index is 1.60. The molecule has 144 valence electrons. The minimum Gasteiger partial charge on any atom is -0.478 e. The number of carbonyl (C=O) groups excluding carboxylic acids is 1. The van der Waals surface area contributed by atoms with Crippen LogP contribution < -0.4 is 14.4 Å². The van der Waals surface area contributed by atoms with Crippen LogP contribution in [0.4, 0.5) is 5.69 Å². The van der Waals surface area contributed by atoms with Gasteiger partial charge in [0.15, 0.2) is 6.10 Å². The van der Waals surface area contributed by atoms with Crippen LogP contribution in [0, 0.1) is 0 Å². The van der Waals surface area contributed by atoms with Crippen LogP contribution in [0.15, 0.2) is 54.6 Å². The highest BCUT2D eigenvalue weighted by Crippen LogP contribution is 2.33. The number of nitrogens with one attached hydrogen (secondary N) is 1. The first kappa shape index (κ1) is 19.2. The van der Waals surface area contributed by atoms with E-state index in [-0.39, 0.29) is 12.5 Å². The number of ether oxygens (including phenoxy) is 1. The summed E-state index contributed by atoms with van der Waals surface area (Å²) in [7, 11) is -3.44. The molecule has 0 saturated heterocycles. The molecular formula is C20H24N2O4S. The average Bonchev–Trinajstić information content (AvgIpc) is 2.85. The van der Waals surface area contributed by atoms with Gasteiger partial charge in [0, 0.05) is 19.5 Å². The van der Waals surface area contributed by atoms with Gasteiger partial charge in [-0.2, -0.15) is 0 Å². The second-order valence-corrected chi connectivity index (χ2v) is 8.49. The fourth-order valence-corrected chi connectivity index (χ4v) is 4.07. The molecule has 3 rings (SSSR count). The number of para-hydroxylation sites is 2. The summed E-state index contributed by atoms with van der Waals surface area (Å²) in [5.74, 6) is 0.193. The van der Waals surface area contributed by atoms with Crippen molar-refractivity contribution < 1.29 is 17.9 Å². The van der Waals surface area contributed by atoms with Crippen molar-refractivity contribution in [2.24, 2.45) is 0 Å². The molecule has 1 heterocycles. The van der Waals surface area contributed by atoms with Gasteiger partial charge in [-0.25, -0.2) is 8.42 Å². The number of benzene rings is 2. The number of anilines is 1. The van der Waals surface area contributed by atoms with Crippen LogP contribution >= 0.6 is 0 Å². The van der Waals surface area contributed by atoms with E-state index >= 15 is 0 Å². The lowest BCUT2D eigenvalue weighted by molar-refractivity contribution is -0.128. The third-order valence-corrected chi connectivity index (χ3v) is 5.65. The summed E-state index contributed by atoms with van der Waals surface area (Å²) in [6.07, 6.45) is 2.46. The van der Waals surface area contributed by atoms with Crippen molar-refractivity contribution in [1.82, 2.24) is 5.32 Å². The molecule has 0 spiro atoms. The van der Waals surface area contributed by atoms with Gasteiger partial charge in [-0.05, 0) is 30.5 Å². The van der Waals surface area contributed by atoms with Gasteiger partial charge in [0.25, 0.3) is 5.91 Å². The van der Waals surface area contributed by atoms with Crippen LogP contribution in [0.3, 0.4) is 0 Å². The Morgan fingerprint density at radius 2 is 1.85 bits per heavy atom. The number of nitrogens with zero attached hydrogens (tertiary/aromatic N) is 1. The highest BCUT2D eigenvalue weighted by Gasteiger charge is 2.30. The molecular weight excluding hydrogens is 364 g/mol. The molecule has 1 aliphatic heterocycles. The van der Waals surface area contributed by atoms with E-state index in [1.165, 1.54) is 9.87 Å². The summed E-state index contributed by atoms with van der Waals surface area (Å²) < 4.78 is 31.3. The summed E-state index contributed by atoms with van der Waals surface area (Å²) >= 11 is 0. The first-order valence-electron chi connectivity index (χ1n) is 9.00. The molecule has 1 aliphatic rings. The Morgan fingerprint density at radius 1 is 1.15 bits per heavy atom. The second-order valence-electron chi connectivity index (χ2n) is 6.58. The molecule has 2 aromatic carbocycles. The van der Waals surface area contributed by atoms with Crippen LogP contribution in [0.25, 0.3) is 0 Å². The molecule has 7 heteroatoms. The molecule has 1 atom stereocenters. The molecule has 1 N–H and O–H groups in total. The molecule has 1 amide bonds. The van der Waals surface area contributed by atoms with Gasteiger partial charge in [0.05, 0.1) is 11.9 Å². The van der Waals surface area contributed by atoms with E-state index in [1.54, 1.807) is 24.3 Å². The minimum atomic E-state index is -3.44. The van der Waals surface area contributed by atoms with Gasteiger partial charge in [-0.15, -0.1) is 0 Å². The van der Waals surface area contributed by atoms with E-state index in [0.717, 1.165) is 19.1 Å². The number of rotatable bonds is 6. The standard InChI is InChI=1S/C20H24N2O4S/c1-27(24,25)22-15-13-19(26-18-12-6-5-11-17(18)22)20(23)21-14-7-10-16-8-3-2-4-9-16/h2-6,8-9,11-12,19H,7,10,13-15H2,1H3,(H,21,23)/t19-/m1/s1. The Kier molecular flexibility index (Phi) is 6.01. The summed E-state index contributed by atoms with van der Waals surface area (Å²) in [4.78, 5) is 12.5. The van der Waals surface area contributed by atoms with Crippen LogP contribution in [0.1, 0.15) is 18.4 Å². The van der Waals surface area contributed by atoms with E-state index < -0.39 is 16.1 Å². The summed E-state index contributed by atoms with van der Waals surface area (Å²) in [6.45, 7) is 0.753. The largest absolute Gasteiger partial charge is 0.478 e. The fraction of sp³-hybridized carbons (Fsp3) is 0.350. The van der Waals surface area contributed by atoms with Crippen LogP contribution in [0.2, 0.25) is 0 Å². The van der Waals surface area contributed by atoms with E-state index in [2.05, 4.69) is 17.4 Å². The second kappa shape index (κ2) is 8.43. The molecule has 0 fully saturated rings. The van der Waals surface area contributed by atoms with Gasteiger partial charge in [-0.1, -0.05) is 42.5 Å². The summed E-state index contributed by atoms with van der Waals surface area (Å²) in [6, 6.07) is 17.0. The monoisotopic (exact) mass is 388 g/mol. The number of aryl methyl sites for hydroxylation is 1. The maximum absolute atomic E-state index is 12.5. The molecule has 2 aromatic rings. The highest BCUT2D eigenvalue weighted by molar-refractivity contribution is 7.92. The quantitative estimate of drug-likeness (QED) is 0.771. The first-order valence-corrected chi connectivity index (χ1v) is 10.8. The minimum absolute atomic E-state index is 0.206. The van der Waals surface area contributed by atoms with Crippen molar-refractivity contribution in [3.05, 3.63) is 60.2 Å². The lowest BCUT2D eigenvalue weighted by Gasteiger charge is -2.20. The van der Waals surface area contributed by atoms with Crippen LogP contribution in [-0.4, -0.2) is 39.8 Å². The number of hydrogen-bond donors (Lipinski definition) is 1. The molecule has 0 aliphatic carbocycles. The van der Waals surface area contributed by atoms with Crippen LogP contribution in [-0.2, 0) is 21.2 Å². The normalized spacial score (nSPS) is 16.8. The number of amides is 1. The number of carbonyl (C=O) groups is 1. The zero-order chi connectivity index (χ0) is 19.3. The Morgan fingerprint density at radius 3 is 2.59 bits per heavy atom. The molecule has 6 nitrogen and oxygen atoms in total. The third-order valence-electron chi connectivity index (χ3n) is 4.47. The van der Waals surface area contributed by atoms with Gasteiger partial charge in [-0.3, -0.25) is 9.10 Å². The van der Waals surface area contributed by atoms with Gasteiger partial charge >= 0.3 is 0 Å². The van der Waals surface area contributed by atoms with Crippen molar-refractivity contribution in [3.63, 3.8) is 0 Å². The van der Waals surface area contributed by atoms with Crippen molar-refractivity contribution >= 4 is 21.6 Å². The fourth-order valence-electron chi connectivity index (χ4n) is 3.12. The molecule has 0 aromatic heterocycles. The molecule has 0 saturated carbocycles. The summed E-state index contributed by atoms with van der Waals surface area (Å²) in [5, 5.41) is 2.90. The number of hydrogen-bond acceptors (Lipinski definition) is 4. The highest BCUT2D eigenvalue weighted by atomic mass is 32.2. The Labute approximate surface area is 160 Å². The van der Waals surface area contributed by atoms with Crippen molar-refractivity contribution in [2.75, 3.05) is 23.7 Å². The Hall–Kier alpha value is -2.54. The predicted molar refractivity (Wildman–Crippen MR) is 105 cm³/mol. The lowest BCUT2D eigenvalue weighted by atomic mass is 10.1. The van der Waals surface area contributed by atoms with Crippen molar-refractivity contribution in [3.8, 4) is 5.75 Å². The topological polar surface area (TPSA) is 75.7 Å². The van der Waals surface area contributed by atoms with Gasteiger partial charge in [0.1, 0.15) is 5.75 Å². The van der Waals surface area contributed by atoms with E-state index in [1.807, 2.05) is 18.2 Å². The van der Waals surface area contributed by atoms with Crippen molar-refractivity contribution in [1.29, 1.82) is 0 Å². The van der Waals surface area contributed by atoms with E-state index in [4.69, 9.17) is 4.74 Å². The summed E-state index contributed by atoms with van der Waals surface area (Å²) in [5.41, 5.74) is 1.70. The van der Waals surface area contributed by atoms with Gasteiger partial charge in [0.2, 0.25) is 10.0 Å². The molecule has 0 radical (unpaired) electrons. The molecule has 0 unspecified atom stereocenters. The average molecular weight is 388 g/mol. The SMILES string of the molecule is CS(=O)(=O)N1CC[C@H](C(=O)NCCCc2ccccc2)Oc2ccccc21. The maximum atomic E-state index is 12.5. The van der Waals surface area contributed by atoms with E-state index in [0.29, 0.717) is 24.4 Å². The molecule has 0 bridgehead atoms. The zero-order valence-electron chi connectivity index (χ0n) is 15.3. The molecule has 27 heavy (non-hydrogen) atoms. The van der Waals surface area contributed by atoms with Gasteiger partial charge < -0.3 is 10.1 Å². The maximum Gasteiger partial charge on any atom is 0.261 e. The Bertz CT molecular complexity index is 884. The first-order chi connectivity index (χ1) is 12.9. The number of sulfonamides is 1. The third kappa shape index (κ3) is 5.01. The van der Waals surface area contributed by atoms with E-state index in [9.17, 15) is 13.2 Å².